The van der Waals surface area contributed by atoms with E-state index >= 15 is 0 Å². The predicted molar refractivity (Wildman–Crippen MR) is 95.7 cm³/mol. The summed E-state index contributed by atoms with van der Waals surface area (Å²) in [5.41, 5.74) is 5.20. The fraction of sp³-hybridized carbons (Fsp3) is 0.227. The minimum atomic E-state index is -0.962. The molecule has 0 spiro atoms. The van der Waals surface area contributed by atoms with E-state index in [0.29, 0.717) is 6.42 Å². The van der Waals surface area contributed by atoms with Gasteiger partial charge in [0.1, 0.15) is 6.10 Å². The molecule has 0 amide bonds. The fourth-order valence-electron chi connectivity index (χ4n) is 4.00. The van der Waals surface area contributed by atoms with Crippen molar-refractivity contribution in [2.75, 3.05) is 0 Å². The van der Waals surface area contributed by atoms with Crippen LogP contribution >= 0.6 is 0 Å². The molecule has 0 bridgehead atoms. The van der Waals surface area contributed by atoms with Crippen molar-refractivity contribution < 1.29 is 9.90 Å². The van der Waals surface area contributed by atoms with E-state index in [9.17, 15) is 9.90 Å². The van der Waals surface area contributed by atoms with Crippen molar-refractivity contribution in [1.29, 1.82) is 0 Å². The molecular formula is C22H20O2. The zero-order valence-corrected chi connectivity index (χ0v) is 13.5. The van der Waals surface area contributed by atoms with Crippen LogP contribution in [0.2, 0.25) is 0 Å². The van der Waals surface area contributed by atoms with Crippen LogP contribution < -0.4 is 0 Å². The smallest absolute Gasteiger partial charge is 0.173 e. The molecule has 2 aliphatic rings. The minimum Gasteiger partial charge on any atom is -0.385 e. The SMILES string of the molecule is C=C1C=CCC(C(O)C(=O)C2c3ccccc3-c3ccccc32)C1. The first-order chi connectivity index (χ1) is 11.7. The van der Waals surface area contributed by atoms with Crippen molar-refractivity contribution >= 4 is 5.78 Å². The summed E-state index contributed by atoms with van der Waals surface area (Å²) in [4.78, 5) is 13.2. The summed E-state index contributed by atoms with van der Waals surface area (Å²) >= 11 is 0. The second-order valence-corrected chi connectivity index (χ2v) is 6.72. The Kier molecular flexibility index (Phi) is 3.70. The van der Waals surface area contributed by atoms with E-state index in [1.807, 2.05) is 48.6 Å². The van der Waals surface area contributed by atoms with Crippen molar-refractivity contribution in [3.05, 3.63) is 84.0 Å². The number of rotatable bonds is 3. The summed E-state index contributed by atoms with van der Waals surface area (Å²) < 4.78 is 0. The molecular weight excluding hydrogens is 296 g/mol. The Morgan fingerprint density at radius 3 is 2.21 bits per heavy atom. The van der Waals surface area contributed by atoms with Crippen molar-refractivity contribution in [2.24, 2.45) is 5.92 Å². The van der Waals surface area contributed by atoms with Crippen LogP contribution in [0, 0.1) is 5.92 Å². The molecule has 2 heteroatoms. The second-order valence-electron chi connectivity index (χ2n) is 6.72. The Balaban J connectivity index is 1.72. The standard InChI is InChI=1S/C22H20O2/c1-14-7-6-8-15(13-14)21(23)22(24)20-18-11-4-2-9-16(18)17-10-3-5-12-19(17)20/h2-7,9-12,15,20-21,23H,1,8,13H2. The lowest BCUT2D eigenvalue weighted by Gasteiger charge is -2.26. The van der Waals surface area contributed by atoms with Gasteiger partial charge in [-0.2, -0.15) is 0 Å². The van der Waals surface area contributed by atoms with Gasteiger partial charge in [0.15, 0.2) is 5.78 Å². The van der Waals surface area contributed by atoms with Crippen LogP contribution in [-0.2, 0) is 4.79 Å². The maximum Gasteiger partial charge on any atom is 0.173 e. The number of carbonyl (C=O) groups excluding carboxylic acids is 1. The number of benzene rings is 2. The van der Waals surface area contributed by atoms with Crippen LogP contribution in [-0.4, -0.2) is 17.0 Å². The Morgan fingerprint density at radius 1 is 1.04 bits per heavy atom. The number of fused-ring (bicyclic) bond motifs is 3. The predicted octanol–water partition coefficient (Wildman–Crippen LogP) is 4.25. The summed E-state index contributed by atoms with van der Waals surface area (Å²) in [7, 11) is 0. The number of Topliss-reactive ketones (excluding diaryl/α,β-unsaturated/α-hetero) is 1. The molecule has 0 aliphatic heterocycles. The third-order valence-electron chi connectivity index (χ3n) is 5.17. The fourth-order valence-corrected chi connectivity index (χ4v) is 4.00. The van der Waals surface area contributed by atoms with Gasteiger partial charge >= 0.3 is 0 Å². The van der Waals surface area contributed by atoms with E-state index in [4.69, 9.17) is 0 Å². The number of hydrogen-bond acceptors (Lipinski definition) is 2. The highest BCUT2D eigenvalue weighted by atomic mass is 16.3. The molecule has 2 unspecified atom stereocenters. The van der Waals surface area contributed by atoms with E-state index in [-0.39, 0.29) is 17.6 Å². The molecule has 2 aromatic carbocycles. The van der Waals surface area contributed by atoms with Gasteiger partial charge in [-0.1, -0.05) is 72.8 Å². The molecule has 2 aliphatic carbocycles. The van der Waals surface area contributed by atoms with Crippen LogP contribution in [0.5, 0.6) is 0 Å². The minimum absolute atomic E-state index is 0.0741. The molecule has 0 fully saturated rings. The Hall–Kier alpha value is -2.45. The summed E-state index contributed by atoms with van der Waals surface area (Å²) in [6.07, 6.45) is 4.43. The van der Waals surface area contributed by atoms with E-state index in [0.717, 1.165) is 34.2 Å². The second kappa shape index (κ2) is 5.88. The Morgan fingerprint density at radius 2 is 1.62 bits per heavy atom. The molecule has 2 aromatic rings. The van der Waals surface area contributed by atoms with Crippen LogP contribution in [0.4, 0.5) is 0 Å². The normalized spacial score (nSPS) is 20.5. The molecule has 24 heavy (non-hydrogen) atoms. The molecule has 0 saturated heterocycles. The van der Waals surface area contributed by atoms with Gasteiger partial charge in [0.2, 0.25) is 0 Å². The first kappa shape index (κ1) is 15.1. The van der Waals surface area contributed by atoms with Gasteiger partial charge in [-0.05, 0) is 41.0 Å². The van der Waals surface area contributed by atoms with Gasteiger partial charge in [0, 0.05) is 0 Å². The first-order valence-electron chi connectivity index (χ1n) is 8.41. The van der Waals surface area contributed by atoms with Gasteiger partial charge in [0.05, 0.1) is 5.92 Å². The third kappa shape index (κ3) is 2.35. The van der Waals surface area contributed by atoms with Crippen molar-refractivity contribution in [3.8, 4) is 11.1 Å². The maximum absolute atomic E-state index is 13.2. The molecule has 2 atom stereocenters. The number of ketones is 1. The molecule has 0 saturated carbocycles. The van der Waals surface area contributed by atoms with Crippen LogP contribution in [0.1, 0.15) is 29.9 Å². The lowest BCUT2D eigenvalue weighted by molar-refractivity contribution is -0.130. The number of aliphatic hydroxyl groups excluding tert-OH is 1. The van der Waals surface area contributed by atoms with Crippen LogP contribution in [0.25, 0.3) is 11.1 Å². The van der Waals surface area contributed by atoms with E-state index in [1.165, 1.54) is 0 Å². The third-order valence-corrected chi connectivity index (χ3v) is 5.17. The highest BCUT2D eigenvalue weighted by Crippen LogP contribution is 2.46. The van der Waals surface area contributed by atoms with E-state index in [1.54, 1.807) is 0 Å². The van der Waals surface area contributed by atoms with Gasteiger partial charge in [-0.15, -0.1) is 0 Å². The average molecular weight is 316 g/mol. The largest absolute Gasteiger partial charge is 0.385 e. The maximum atomic E-state index is 13.2. The lowest BCUT2D eigenvalue weighted by atomic mass is 9.80. The van der Waals surface area contributed by atoms with Crippen molar-refractivity contribution in [1.82, 2.24) is 0 Å². The number of carbonyl (C=O) groups is 1. The first-order valence-corrected chi connectivity index (χ1v) is 8.41. The Bertz CT molecular complexity index is 801. The molecule has 2 nitrogen and oxygen atoms in total. The molecule has 1 N–H and O–H groups in total. The summed E-state index contributed by atoms with van der Waals surface area (Å²) in [5, 5.41) is 10.7. The summed E-state index contributed by atoms with van der Waals surface area (Å²) in [5.74, 6) is -0.540. The van der Waals surface area contributed by atoms with Crippen LogP contribution in [0.3, 0.4) is 0 Å². The van der Waals surface area contributed by atoms with Gasteiger partial charge in [-0.3, -0.25) is 4.79 Å². The Labute approximate surface area is 142 Å². The topological polar surface area (TPSA) is 37.3 Å². The van der Waals surface area contributed by atoms with Crippen LogP contribution in [0.15, 0.2) is 72.8 Å². The molecule has 0 heterocycles. The number of allylic oxidation sites excluding steroid dienone is 3. The zero-order chi connectivity index (χ0) is 16.7. The highest BCUT2D eigenvalue weighted by molar-refractivity contribution is 5.99. The zero-order valence-electron chi connectivity index (χ0n) is 13.5. The highest BCUT2D eigenvalue weighted by Gasteiger charge is 2.38. The monoisotopic (exact) mass is 316 g/mol. The van der Waals surface area contributed by atoms with E-state index < -0.39 is 6.10 Å². The average Bonchev–Trinajstić information content (AvgIpc) is 2.95. The van der Waals surface area contributed by atoms with Gasteiger partial charge in [0.25, 0.3) is 0 Å². The molecule has 4 rings (SSSR count). The number of hydrogen-bond donors (Lipinski definition) is 1. The van der Waals surface area contributed by atoms with E-state index in [2.05, 4.69) is 18.7 Å². The van der Waals surface area contributed by atoms with Crippen molar-refractivity contribution in [2.45, 2.75) is 24.9 Å². The number of aliphatic hydroxyl groups is 1. The summed E-state index contributed by atoms with van der Waals surface area (Å²) in [6, 6.07) is 16.0. The van der Waals surface area contributed by atoms with Gasteiger partial charge in [-0.25, -0.2) is 0 Å². The lowest BCUT2D eigenvalue weighted by Crippen LogP contribution is -2.34. The molecule has 0 aromatic heterocycles. The molecule has 0 radical (unpaired) electrons. The van der Waals surface area contributed by atoms with Gasteiger partial charge < -0.3 is 5.11 Å². The summed E-state index contributed by atoms with van der Waals surface area (Å²) in [6.45, 7) is 3.97. The quantitative estimate of drug-likeness (QED) is 0.919. The molecule has 120 valence electrons. The van der Waals surface area contributed by atoms with Crippen molar-refractivity contribution in [3.63, 3.8) is 0 Å².